The van der Waals surface area contributed by atoms with E-state index in [4.69, 9.17) is 0 Å². The molecule has 0 aliphatic carbocycles. The van der Waals surface area contributed by atoms with E-state index in [1.54, 1.807) is 0 Å². The molecule has 1 nitrogen and oxygen atoms in total. The van der Waals surface area contributed by atoms with Gasteiger partial charge in [0.1, 0.15) is 0 Å². The van der Waals surface area contributed by atoms with Gasteiger partial charge in [0.05, 0.1) is 0 Å². The van der Waals surface area contributed by atoms with Crippen molar-refractivity contribution in [3.05, 3.63) is 59.7 Å². The topological polar surface area (TPSA) is 17.1 Å². The number of aryl methyl sites for hydroxylation is 1. The number of benzene rings is 2. The molecule has 0 spiro atoms. The smallest absolute Gasteiger partial charge is 0.456 e. The van der Waals surface area contributed by atoms with Gasteiger partial charge in [-0.3, -0.25) is 0 Å². The molecular formula is C18H20LiOP. The summed E-state index contributed by atoms with van der Waals surface area (Å²) in [4.78, 5) is 12.6. The summed E-state index contributed by atoms with van der Waals surface area (Å²) >= 11 is 0. The Bertz CT molecular complexity index is 595. The van der Waals surface area contributed by atoms with Crippen molar-refractivity contribution in [2.45, 2.75) is 32.9 Å². The fourth-order valence-electron chi connectivity index (χ4n) is 2.17. The molecule has 104 valence electrons. The first-order valence-electron chi connectivity index (χ1n) is 7.03. The summed E-state index contributed by atoms with van der Waals surface area (Å²) in [5.74, 6) is 0. The monoisotopic (exact) mass is 290 g/mol. The molecule has 0 aliphatic rings. The minimum Gasteiger partial charge on any atom is -0.456 e. The van der Waals surface area contributed by atoms with Gasteiger partial charge in [-0.1, -0.05) is 68.8 Å². The van der Waals surface area contributed by atoms with Crippen molar-refractivity contribution in [3.8, 4) is 11.1 Å². The van der Waals surface area contributed by atoms with Crippen LogP contribution in [0.2, 0.25) is 0 Å². The minimum atomic E-state index is 0. The standard InChI is InChI=1S/C18H20OP.Li/c1-4-14(3)20-18(19)17-13(2)9-8-12-16(17)15-10-6-5-7-11-15;/h5-12,14H,4H2,1-3H3;/q-1;+1. The molecule has 0 fully saturated rings. The molecule has 0 amide bonds. The largest absolute Gasteiger partial charge is 1.00 e. The second kappa shape index (κ2) is 8.55. The minimum absolute atomic E-state index is 0. The van der Waals surface area contributed by atoms with Crippen molar-refractivity contribution in [1.29, 1.82) is 0 Å². The van der Waals surface area contributed by atoms with Gasteiger partial charge in [0.2, 0.25) is 0 Å². The van der Waals surface area contributed by atoms with Crippen LogP contribution >= 0.6 is 8.58 Å². The van der Waals surface area contributed by atoms with Crippen LogP contribution in [-0.2, 0) is 0 Å². The number of carbonyl (C=O) groups is 1. The number of hydrogen-bond acceptors (Lipinski definition) is 1. The Morgan fingerprint density at radius 1 is 1.10 bits per heavy atom. The van der Waals surface area contributed by atoms with Gasteiger partial charge < -0.3 is 13.4 Å². The molecular weight excluding hydrogens is 270 g/mol. The zero-order valence-electron chi connectivity index (χ0n) is 13.3. The molecule has 0 bridgehead atoms. The van der Waals surface area contributed by atoms with E-state index >= 15 is 0 Å². The summed E-state index contributed by atoms with van der Waals surface area (Å²) in [6.45, 7) is 6.27. The van der Waals surface area contributed by atoms with Crippen LogP contribution in [0.25, 0.3) is 11.1 Å². The molecule has 0 saturated heterocycles. The van der Waals surface area contributed by atoms with E-state index in [1.165, 1.54) is 0 Å². The van der Waals surface area contributed by atoms with Crippen LogP contribution in [0.4, 0.5) is 0 Å². The second-order valence-corrected chi connectivity index (χ2v) is 6.60. The van der Waals surface area contributed by atoms with Crippen molar-refractivity contribution in [1.82, 2.24) is 0 Å². The summed E-state index contributed by atoms with van der Waals surface area (Å²) in [7, 11) is 0.896. The summed E-state index contributed by atoms with van der Waals surface area (Å²) in [6, 6.07) is 16.2. The average Bonchev–Trinajstić information content (AvgIpc) is 2.47. The molecule has 1 unspecified atom stereocenters. The van der Waals surface area contributed by atoms with Gasteiger partial charge in [-0.25, -0.2) is 0 Å². The quantitative estimate of drug-likeness (QED) is 0.611. The van der Waals surface area contributed by atoms with E-state index in [0.717, 1.165) is 37.3 Å². The SMILES string of the molecule is CCC(C)[P-]C(=O)c1c(C)cccc1-c1ccccc1.[Li+]. The number of hydrogen-bond donors (Lipinski definition) is 0. The van der Waals surface area contributed by atoms with Crippen molar-refractivity contribution in [2.24, 2.45) is 0 Å². The summed E-state index contributed by atoms with van der Waals surface area (Å²) in [6.07, 6.45) is 1.03. The summed E-state index contributed by atoms with van der Waals surface area (Å²) in [5.41, 5.74) is 4.74. The van der Waals surface area contributed by atoms with Crippen LogP contribution in [0.1, 0.15) is 36.2 Å². The summed E-state index contributed by atoms with van der Waals surface area (Å²) in [5, 5.41) is 0. The predicted octanol–water partition coefficient (Wildman–Crippen LogP) is 2.55. The molecule has 0 radical (unpaired) electrons. The summed E-state index contributed by atoms with van der Waals surface area (Å²) < 4.78 is 0. The van der Waals surface area contributed by atoms with E-state index in [0.29, 0.717) is 5.66 Å². The zero-order valence-corrected chi connectivity index (χ0v) is 14.2. The number of carbonyl (C=O) groups excluding carboxylic acids is 1. The third-order valence-corrected chi connectivity index (χ3v) is 4.76. The van der Waals surface area contributed by atoms with Crippen molar-refractivity contribution in [2.75, 3.05) is 0 Å². The molecule has 21 heavy (non-hydrogen) atoms. The average molecular weight is 290 g/mol. The maximum absolute atomic E-state index is 12.6. The van der Waals surface area contributed by atoms with Gasteiger partial charge >= 0.3 is 18.9 Å². The Morgan fingerprint density at radius 2 is 1.76 bits per heavy atom. The molecule has 0 heterocycles. The molecule has 0 saturated carbocycles. The number of rotatable bonds is 5. The van der Waals surface area contributed by atoms with Gasteiger partial charge in [0, 0.05) is 5.52 Å². The van der Waals surface area contributed by atoms with Crippen LogP contribution in [0.5, 0.6) is 0 Å². The Hall–Kier alpha value is -0.863. The first kappa shape index (κ1) is 18.2. The van der Waals surface area contributed by atoms with Crippen molar-refractivity contribution < 1.29 is 23.7 Å². The molecule has 1 atom stereocenters. The molecule has 0 aromatic heterocycles. The van der Waals surface area contributed by atoms with Crippen molar-refractivity contribution >= 4 is 14.1 Å². The maximum Gasteiger partial charge on any atom is 1.00 e. The molecule has 3 heteroatoms. The van der Waals surface area contributed by atoms with E-state index in [-0.39, 0.29) is 24.4 Å². The third kappa shape index (κ3) is 4.55. The van der Waals surface area contributed by atoms with E-state index in [9.17, 15) is 4.79 Å². The second-order valence-electron chi connectivity index (χ2n) is 5.06. The van der Waals surface area contributed by atoms with Crippen LogP contribution < -0.4 is 18.9 Å². The molecule has 0 N–H and O–H groups in total. The van der Waals surface area contributed by atoms with Crippen LogP contribution in [-0.4, -0.2) is 11.2 Å². The Morgan fingerprint density at radius 3 is 2.38 bits per heavy atom. The third-order valence-electron chi connectivity index (χ3n) is 3.50. The van der Waals surface area contributed by atoms with Gasteiger partial charge in [-0.15, -0.1) is 0 Å². The van der Waals surface area contributed by atoms with Crippen LogP contribution in [0.15, 0.2) is 48.5 Å². The van der Waals surface area contributed by atoms with Crippen molar-refractivity contribution in [3.63, 3.8) is 0 Å². The fraction of sp³-hybridized carbons (Fsp3) is 0.278. The molecule has 2 aromatic carbocycles. The Balaban J connectivity index is 0.00000220. The first-order chi connectivity index (χ1) is 9.63. The fourth-order valence-corrected chi connectivity index (χ4v) is 3.17. The molecule has 2 rings (SSSR count). The van der Waals surface area contributed by atoms with Gasteiger partial charge in [-0.2, -0.15) is 5.66 Å². The maximum atomic E-state index is 12.6. The molecule has 0 aliphatic heterocycles. The van der Waals surface area contributed by atoms with E-state index < -0.39 is 0 Å². The van der Waals surface area contributed by atoms with E-state index in [1.807, 2.05) is 43.3 Å². The zero-order chi connectivity index (χ0) is 14.5. The Kier molecular flexibility index (Phi) is 7.40. The normalized spacial score (nSPS) is 12.1. The van der Waals surface area contributed by atoms with Crippen LogP contribution in [0, 0.1) is 6.92 Å². The van der Waals surface area contributed by atoms with Gasteiger partial charge in [0.15, 0.2) is 0 Å². The Labute approximate surface area is 141 Å². The van der Waals surface area contributed by atoms with Gasteiger partial charge in [0.25, 0.3) is 0 Å². The predicted molar refractivity (Wildman–Crippen MR) is 87.6 cm³/mol. The van der Waals surface area contributed by atoms with Gasteiger partial charge in [-0.05, 0) is 29.2 Å². The first-order valence-corrected chi connectivity index (χ1v) is 8.00. The molecule has 2 aromatic rings. The van der Waals surface area contributed by atoms with Crippen LogP contribution in [0.3, 0.4) is 0 Å². The van der Waals surface area contributed by atoms with E-state index in [2.05, 4.69) is 26.0 Å².